The van der Waals surface area contributed by atoms with Gasteiger partial charge >= 0.3 is 0 Å². The van der Waals surface area contributed by atoms with Crippen molar-refractivity contribution in [2.45, 2.75) is 25.4 Å². The van der Waals surface area contributed by atoms with Gasteiger partial charge in [0.05, 0.1) is 16.1 Å². The molecule has 0 aromatic heterocycles. The van der Waals surface area contributed by atoms with E-state index in [4.69, 9.17) is 27.9 Å². The molecule has 110 valence electrons. The Kier molecular flexibility index (Phi) is 5.52. The van der Waals surface area contributed by atoms with Crippen LogP contribution in [0.4, 0.5) is 0 Å². The topological polar surface area (TPSA) is 58.6 Å². The maximum absolute atomic E-state index is 11.6. The van der Waals surface area contributed by atoms with Crippen LogP contribution in [0.2, 0.25) is 10.0 Å². The molecule has 0 heterocycles. The highest BCUT2D eigenvalue weighted by Crippen LogP contribution is 2.26. The molecule has 1 aromatic rings. The molecular formula is C14H17Cl2NO3. The van der Waals surface area contributed by atoms with Gasteiger partial charge in [0.1, 0.15) is 5.75 Å². The van der Waals surface area contributed by atoms with Crippen molar-refractivity contribution in [1.29, 1.82) is 0 Å². The van der Waals surface area contributed by atoms with E-state index in [9.17, 15) is 9.90 Å². The largest absolute Gasteiger partial charge is 0.484 e. The van der Waals surface area contributed by atoms with Crippen LogP contribution < -0.4 is 10.1 Å². The second kappa shape index (κ2) is 7.16. The Bertz CT molecular complexity index is 481. The normalized spacial score (nSPS) is 21.8. The van der Waals surface area contributed by atoms with Crippen LogP contribution >= 0.6 is 23.2 Å². The summed E-state index contributed by atoms with van der Waals surface area (Å²) in [5, 5.41) is 13.1. The van der Waals surface area contributed by atoms with E-state index in [1.165, 1.54) is 0 Å². The molecule has 0 saturated heterocycles. The van der Waals surface area contributed by atoms with E-state index in [1.54, 1.807) is 18.2 Å². The average Bonchev–Trinajstić information content (AvgIpc) is 2.83. The molecule has 0 aliphatic heterocycles. The third-order valence-corrected chi connectivity index (χ3v) is 4.10. The van der Waals surface area contributed by atoms with Gasteiger partial charge in [0.2, 0.25) is 0 Å². The van der Waals surface area contributed by atoms with Crippen LogP contribution in [0.25, 0.3) is 0 Å². The molecule has 2 N–H and O–H groups in total. The number of aliphatic hydroxyl groups is 1. The van der Waals surface area contributed by atoms with Gasteiger partial charge in [-0.1, -0.05) is 23.2 Å². The molecular weight excluding hydrogens is 301 g/mol. The first-order chi connectivity index (χ1) is 9.54. The molecule has 0 radical (unpaired) electrons. The van der Waals surface area contributed by atoms with Crippen molar-refractivity contribution in [1.82, 2.24) is 5.32 Å². The first-order valence-electron chi connectivity index (χ1n) is 6.57. The summed E-state index contributed by atoms with van der Waals surface area (Å²) in [5.74, 6) is 0.683. The van der Waals surface area contributed by atoms with Gasteiger partial charge in [0.25, 0.3) is 5.91 Å². The smallest absolute Gasteiger partial charge is 0.257 e. The molecule has 2 atom stereocenters. The molecule has 1 aliphatic carbocycles. The average molecular weight is 318 g/mol. The molecule has 20 heavy (non-hydrogen) atoms. The number of hydrogen-bond acceptors (Lipinski definition) is 3. The van der Waals surface area contributed by atoms with Crippen LogP contribution in [-0.4, -0.2) is 30.3 Å². The zero-order valence-corrected chi connectivity index (χ0v) is 12.5. The maximum Gasteiger partial charge on any atom is 0.257 e. The Hall–Kier alpha value is -0.970. The van der Waals surface area contributed by atoms with Crippen molar-refractivity contribution in [3.8, 4) is 5.75 Å². The van der Waals surface area contributed by atoms with Crippen molar-refractivity contribution < 1.29 is 14.6 Å². The van der Waals surface area contributed by atoms with Gasteiger partial charge in [-0.2, -0.15) is 0 Å². The summed E-state index contributed by atoms with van der Waals surface area (Å²) in [5.41, 5.74) is 0. The molecule has 2 unspecified atom stereocenters. The molecule has 1 amide bonds. The third kappa shape index (κ3) is 4.54. The van der Waals surface area contributed by atoms with E-state index in [0.29, 0.717) is 28.3 Å². The summed E-state index contributed by atoms with van der Waals surface area (Å²) in [6.45, 7) is 0.522. The Balaban J connectivity index is 1.70. The fourth-order valence-electron chi connectivity index (χ4n) is 2.26. The Morgan fingerprint density at radius 2 is 2.15 bits per heavy atom. The number of rotatable bonds is 5. The molecule has 6 heteroatoms. The fraction of sp³-hybridized carbons (Fsp3) is 0.500. The predicted molar refractivity (Wildman–Crippen MR) is 78.3 cm³/mol. The van der Waals surface area contributed by atoms with E-state index in [2.05, 4.69) is 5.32 Å². The summed E-state index contributed by atoms with van der Waals surface area (Å²) in [7, 11) is 0. The van der Waals surface area contributed by atoms with Crippen LogP contribution in [-0.2, 0) is 4.79 Å². The van der Waals surface area contributed by atoms with Crippen molar-refractivity contribution in [3.63, 3.8) is 0 Å². The minimum absolute atomic E-state index is 0.0623. The molecule has 2 rings (SSSR count). The van der Waals surface area contributed by atoms with E-state index in [1.807, 2.05) is 0 Å². The number of nitrogens with one attached hydrogen (secondary N) is 1. The van der Waals surface area contributed by atoms with Crippen LogP contribution in [0.1, 0.15) is 19.3 Å². The first-order valence-corrected chi connectivity index (χ1v) is 7.33. The number of halogens is 2. The minimum atomic E-state index is -0.218. The molecule has 1 aromatic carbocycles. The number of hydrogen-bond donors (Lipinski definition) is 2. The lowest BCUT2D eigenvalue weighted by Crippen LogP contribution is -2.32. The fourth-order valence-corrected chi connectivity index (χ4v) is 2.55. The number of carbonyl (C=O) groups excluding carboxylic acids is 1. The highest BCUT2D eigenvalue weighted by Gasteiger charge is 2.22. The van der Waals surface area contributed by atoms with Gasteiger partial charge in [0.15, 0.2) is 6.61 Å². The lowest BCUT2D eigenvalue weighted by Gasteiger charge is -2.11. The van der Waals surface area contributed by atoms with E-state index in [-0.39, 0.29) is 18.6 Å². The summed E-state index contributed by atoms with van der Waals surface area (Å²) in [6, 6.07) is 4.86. The quantitative estimate of drug-likeness (QED) is 0.877. The molecule has 0 spiro atoms. The molecule has 1 fully saturated rings. The molecule has 0 bridgehead atoms. The van der Waals surface area contributed by atoms with Gasteiger partial charge < -0.3 is 15.2 Å². The van der Waals surface area contributed by atoms with Gasteiger partial charge in [0, 0.05) is 12.6 Å². The van der Waals surface area contributed by atoms with Crippen LogP contribution in [0.15, 0.2) is 18.2 Å². The molecule has 4 nitrogen and oxygen atoms in total. The van der Waals surface area contributed by atoms with E-state index >= 15 is 0 Å². The number of benzene rings is 1. The summed E-state index contributed by atoms with van der Waals surface area (Å²) in [6.07, 6.45) is 2.31. The summed E-state index contributed by atoms with van der Waals surface area (Å²) >= 11 is 11.6. The van der Waals surface area contributed by atoms with Crippen LogP contribution in [0, 0.1) is 5.92 Å². The lowest BCUT2D eigenvalue weighted by molar-refractivity contribution is -0.123. The van der Waals surface area contributed by atoms with Gasteiger partial charge in [-0.15, -0.1) is 0 Å². The number of ether oxygens (including phenoxy) is 1. The highest BCUT2D eigenvalue weighted by molar-refractivity contribution is 6.42. The van der Waals surface area contributed by atoms with Crippen LogP contribution in [0.5, 0.6) is 5.75 Å². The monoisotopic (exact) mass is 317 g/mol. The van der Waals surface area contributed by atoms with Crippen LogP contribution in [0.3, 0.4) is 0 Å². The first kappa shape index (κ1) is 15.4. The number of carbonyl (C=O) groups is 1. The van der Waals surface area contributed by atoms with Gasteiger partial charge in [-0.05, 0) is 37.3 Å². The lowest BCUT2D eigenvalue weighted by atomic mass is 10.1. The Labute approximate surface area is 128 Å². The number of aliphatic hydroxyl groups excluding tert-OH is 1. The summed E-state index contributed by atoms with van der Waals surface area (Å²) < 4.78 is 5.34. The third-order valence-electron chi connectivity index (χ3n) is 3.36. The Morgan fingerprint density at radius 3 is 2.80 bits per heavy atom. The van der Waals surface area contributed by atoms with Crippen molar-refractivity contribution in [2.75, 3.05) is 13.2 Å². The number of amides is 1. The molecule has 1 aliphatic rings. The van der Waals surface area contributed by atoms with Gasteiger partial charge in [-0.3, -0.25) is 4.79 Å². The predicted octanol–water partition coefficient (Wildman–Crippen LogP) is 2.65. The van der Waals surface area contributed by atoms with E-state index in [0.717, 1.165) is 19.3 Å². The molecule has 1 saturated carbocycles. The summed E-state index contributed by atoms with van der Waals surface area (Å²) in [4.78, 5) is 11.6. The van der Waals surface area contributed by atoms with Gasteiger partial charge in [-0.25, -0.2) is 0 Å². The highest BCUT2D eigenvalue weighted by atomic mass is 35.5. The van der Waals surface area contributed by atoms with Crippen molar-refractivity contribution >= 4 is 29.1 Å². The van der Waals surface area contributed by atoms with Crippen molar-refractivity contribution in [2.24, 2.45) is 5.92 Å². The zero-order chi connectivity index (χ0) is 14.5. The standard InChI is InChI=1S/C14H17Cl2NO3/c15-12-4-3-11(6-13(12)16)20-8-14(19)17-7-9-1-2-10(18)5-9/h3-4,6,9-10,18H,1-2,5,7-8H2,(H,17,19). The second-order valence-corrected chi connectivity index (χ2v) is 5.82. The maximum atomic E-state index is 11.6. The SMILES string of the molecule is O=C(COc1ccc(Cl)c(Cl)c1)NCC1CCC(O)C1. The Morgan fingerprint density at radius 1 is 1.35 bits per heavy atom. The van der Waals surface area contributed by atoms with Crippen molar-refractivity contribution in [3.05, 3.63) is 28.2 Å². The minimum Gasteiger partial charge on any atom is -0.484 e. The zero-order valence-electron chi connectivity index (χ0n) is 10.9. The van der Waals surface area contributed by atoms with E-state index < -0.39 is 0 Å². The second-order valence-electron chi connectivity index (χ2n) is 5.00.